The fourth-order valence-corrected chi connectivity index (χ4v) is 1.91. The van der Waals surface area contributed by atoms with E-state index < -0.39 is 6.10 Å². The van der Waals surface area contributed by atoms with Gasteiger partial charge in [-0.25, -0.2) is 0 Å². The molecule has 0 saturated carbocycles. The molecule has 2 rings (SSSR count). The SMILES string of the molecule is OC(CNc1ccc(Cl)c(Cl)c1)COc1ccccc1. The van der Waals surface area contributed by atoms with Crippen molar-refractivity contribution in [3.8, 4) is 5.75 Å². The second-order valence-corrected chi connectivity index (χ2v) is 5.10. The van der Waals surface area contributed by atoms with Crippen LogP contribution < -0.4 is 10.1 Å². The summed E-state index contributed by atoms with van der Waals surface area (Å²) in [5.41, 5.74) is 0.804. The summed E-state index contributed by atoms with van der Waals surface area (Å²) in [7, 11) is 0. The Morgan fingerprint density at radius 1 is 1.05 bits per heavy atom. The summed E-state index contributed by atoms with van der Waals surface area (Å²) in [4.78, 5) is 0. The van der Waals surface area contributed by atoms with Crippen molar-refractivity contribution < 1.29 is 9.84 Å². The number of hydrogen-bond donors (Lipinski definition) is 2. The van der Waals surface area contributed by atoms with Gasteiger partial charge in [0.25, 0.3) is 0 Å². The van der Waals surface area contributed by atoms with E-state index in [1.54, 1.807) is 18.2 Å². The Labute approximate surface area is 128 Å². The maximum atomic E-state index is 9.85. The lowest BCUT2D eigenvalue weighted by Gasteiger charge is -2.14. The number of nitrogens with one attached hydrogen (secondary N) is 1. The Balaban J connectivity index is 1.77. The van der Waals surface area contributed by atoms with Crippen molar-refractivity contribution in [3.63, 3.8) is 0 Å². The summed E-state index contributed by atoms with van der Waals surface area (Å²) in [6.45, 7) is 0.586. The number of para-hydroxylation sites is 1. The van der Waals surface area contributed by atoms with Crippen molar-refractivity contribution in [2.75, 3.05) is 18.5 Å². The molecular formula is C15H15Cl2NO2. The molecule has 106 valence electrons. The molecule has 0 aliphatic rings. The van der Waals surface area contributed by atoms with E-state index in [1.165, 1.54) is 0 Å². The highest BCUT2D eigenvalue weighted by molar-refractivity contribution is 6.42. The third kappa shape index (κ3) is 4.60. The molecule has 0 aliphatic heterocycles. The van der Waals surface area contributed by atoms with Gasteiger partial charge in [0, 0.05) is 12.2 Å². The third-order valence-electron chi connectivity index (χ3n) is 2.65. The number of ether oxygens (including phenoxy) is 1. The van der Waals surface area contributed by atoms with Crippen LogP contribution in [0, 0.1) is 0 Å². The Bertz CT molecular complexity index is 549. The van der Waals surface area contributed by atoms with Crippen molar-refractivity contribution in [2.45, 2.75) is 6.10 Å². The van der Waals surface area contributed by atoms with Gasteiger partial charge in [-0.15, -0.1) is 0 Å². The Hall–Kier alpha value is -1.42. The number of aliphatic hydroxyl groups excluding tert-OH is 1. The molecule has 0 saturated heterocycles. The Morgan fingerprint density at radius 3 is 2.50 bits per heavy atom. The van der Waals surface area contributed by atoms with Gasteiger partial charge >= 0.3 is 0 Å². The van der Waals surface area contributed by atoms with Crippen molar-refractivity contribution in [2.24, 2.45) is 0 Å². The molecular weight excluding hydrogens is 297 g/mol. The normalized spacial score (nSPS) is 11.9. The Morgan fingerprint density at radius 2 is 1.80 bits per heavy atom. The van der Waals surface area contributed by atoms with Crippen LogP contribution in [0.3, 0.4) is 0 Å². The second-order valence-electron chi connectivity index (χ2n) is 4.29. The van der Waals surface area contributed by atoms with Crippen LogP contribution >= 0.6 is 23.2 Å². The number of hydrogen-bond acceptors (Lipinski definition) is 3. The highest BCUT2D eigenvalue weighted by Gasteiger charge is 2.06. The molecule has 0 aromatic heterocycles. The van der Waals surface area contributed by atoms with Gasteiger partial charge in [-0.3, -0.25) is 0 Å². The van der Waals surface area contributed by atoms with E-state index in [1.807, 2.05) is 30.3 Å². The number of rotatable bonds is 6. The number of halogens is 2. The molecule has 2 aromatic rings. The van der Waals surface area contributed by atoms with Crippen LogP contribution in [0.2, 0.25) is 10.0 Å². The monoisotopic (exact) mass is 311 g/mol. The zero-order valence-electron chi connectivity index (χ0n) is 10.7. The van der Waals surface area contributed by atoms with E-state index in [0.717, 1.165) is 11.4 Å². The molecule has 5 heteroatoms. The highest BCUT2D eigenvalue weighted by Crippen LogP contribution is 2.24. The molecule has 3 nitrogen and oxygen atoms in total. The number of anilines is 1. The van der Waals surface area contributed by atoms with Gasteiger partial charge in [0.05, 0.1) is 10.0 Å². The maximum Gasteiger partial charge on any atom is 0.119 e. The average molecular weight is 312 g/mol. The second kappa shape index (κ2) is 7.39. The average Bonchev–Trinajstić information content (AvgIpc) is 2.47. The van der Waals surface area contributed by atoms with Gasteiger partial charge in [-0.2, -0.15) is 0 Å². The summed E-state index contributed by atoms with van der Waals surface area (Å²) < 4.78 is 5.46. The zero-order chi connectivity index (χ0) is 14.4. The van der Waals surface area contributed by atoms with Crippen LogP contribution in [-0.4, -0.2) is 24.4 Å². The molecule has 20 heavy (non-hydrogen) atoms. The summed E-state index contributed by atoms with van der Waals surface area (Å²) in [5.74, 6) is 0.737. The largest absolute Gasteiger partial charge is 0.491 e. The van der Waals surface area contributed by atoms with Crippen LogP contribution in [0.4, 0.5) is 5.69 Å². The maximum absolute atomic E-state index is 9.85. The first-order valence-electron chi connectivity index (χ1n) is 6.20. The minimum Gasteiger partial charge on any atom is -0.491 e. The van der Waals surface area contributed by atoms with Crippen LogP contribution in [0.15, 0.2) is 48.5 Å². The molecule has 0 fully saturated rings. The van der Waals surface area contributed by atoms with Gasteiger partial charge in [-0.1, -0.05) is 41.4 Å². The van der Waals surface area contributed by atoms with Gasteiger partial charge in [0.2, 0.25) is 0 Å². The van der Waals surface area contributed by atoms with Gasteiger partial charge in [0.15, 0.2) is 0 Å². The first kappa shape index (κ1) is 15.0. The first-order chi connectivity index (χ1) is 9.65. The lowest BCUT2D eigenvalue weighted by atomic mass is 10.3. The van der Waals surface area contributed by atoms with E-state index in [9.17, 15) is 5.11 Å². The lowest BCUT2D eigenvalue weighted by molar-refractivity contribution is 0.117. The van der Waals surface area contributed by atoms with Crippen molar-refractivity contribution in [1.82, 2.24) is 0 Å². The molecule has 2 N–H and O–H groups in total. The number of aliphatic hydroxyl groups is 1. The Kier molecular flexibility index (Phi) is 5.53. The molecule has 0 amide bonds. The zero-order valence-corrected chi connectivity index (χ0v) is 12.2. The lowest BCUT2D eigenvalue weighted by Crippen LogP contribution is -2.26. The predicted molar refractivity (Wildman–Crippen MR) is 82.9 cm³/mol. The van der Waals surface area contributed by atoms with Crippen molar-refractivity contribution >= 4 is 28.9 Å². The minimum absolute atomic E-state index is 0.221. The predicted octanol–water partition coefficient (Wildman–Crippen LogP) is 3.85. The molecule has 0 spiro atoms. The number of benzene rings is 2. The van der Waals surface area contributed by atoms with Crippen molar-refractivity contribution in [1.29, 1.82) is 0 Å². The fraction of sp³-hybridized carbons (Fsp3) is 0.200. The van der Waals surface area contributed by atoms with Gasteiger partial charge in [0.1, 0.15) is 18.5 Å². The highest BCUT2D eigenvalue weighted by atomic mass is 35.5. The van der Waals surface area contributed by atoms with Crippen LogP contribution in [0.1, 0.15) is 0 Å². The van der Waals surface area contributed by atoms with E-state index in [4.69, 9.17) is 27.9 Å². The van der Waals surface area contributed by atoms with Crippen LogP contribution in [0.25, 0.3) is 0 Å². The summed E-state index contributed by atoms with van der Waals surface area (Å²) >= 11 is 11.7. The summed E-state index contributed by atoms with van der Waals surface area (Å²) in [6.07, 6.45) is -0.621. The quantitative estimate of drug-likeness (QED) is 0.851. The molecule has 2 aromatic carbocycles. The summed E-state index contributed by atoms with van der Waals surface area (Å²) in [6, 6.07) is 14.6. The summed E-state index contributed by atoms with van der Waals surface area (Å²) in [5, 5.41) is 13.9. The van der Waals surface area contributed by atoms with E-state index >= 15 is 0 Å². The molecule has 1 atom stereocenters. The van der Waals surface area contributed by atoms with E-state index in [2.05, 4.69) is 5.32 Å². The van der Waals surface area contributed by atoms with E-state index in [-0.39, 0.29) is 6.61 Å². The molecule has 0 aliphatic carbocycles. The molecule has 0 radical (unpaired) electrons. The molecule has 1 unspecified atom stereocenters. The smallest absolute Gasteiger partial charge is 0.119 e. The topological polar surface area (TPSA) is 41.5 Å². The minimum atomic E-state index is -0.621. The van der Waals surface area contributed by atoms with Gasteiger partial charge in [-0.05, 0) is 30.3 Å². The molecule has 0 bridgehead atoms. The third-order valence-corrected chi connectivity index (χ3v) is 3.39. The fourth-order valence-electron chi connectivity index (χ4n) is 1.61. The van der Waals surface area contributed by atoms with Crippen LogP contribution in [-0.2, 0) is 0 Å². The standard InChI is InChI=1S/C15H15Cl2NO2/c16-14-7-6-11(8-15(14)17)18-9-12(19)10-20-13-4-2-1-3-5-13/h1-8,12,18-19H,9-10H2. The first-order valence-corrected chi connectivity index (χ1v) is 6.95. The van der Waals surface area contributed by atoms with Crippen LogP contribution in [0.5, 0.6) is 5.75 Å². The van der Waals surface area contributed by atoms with Gasteiger partial charge < -0.3 is 15.2 Å². The van der Waals surface area contributed by atoms with Crippen molar-refractivity contribution in [3.05, 3.63) is 58.6 Å². The van der Waals surface area contributed by atoms with E-state index in [0.29, 0.717) is 16.6 Å². The molecule has 0 heterocycles.